The summed E-state index contributed by atoms with van der Waals surface area (Å²) in [6.07, 6.45) is 10.9. The Hall–Kier alpha value is -2.00. The molecule has 0 spiro atoms. The number of unbranched alkanes of at least 4 members (excludes halogenated alkanes) is 8. The number of carbonyl (C=O) groups is 2. The molecular formula is C22H38O8. The van der Waals surface area contributed by atoms with Gasteiger partial charge in [0.2, 0.25) is 0 Å². The predicted octanol–water partition coefficient (Wildman–Crippen LogP) is 3.27. The maximum atomic E-state index is 10.3. The zero-order valence-corrected chi connectivity index (χ0v) is 17.9. The number of aliphatic hydroxyl groups excluding tert-OH is 3. The highest BCUT2D eigenvalue weighted by atomic mass is 16.5. The van der Waals surface area contributed by atoms with Crippen LogP contribution in [0.2, 0.25) is 0 Å². The first-order valence-corrected chi connectivity index (χ1v) is 10.4. The Balaban J connectivity index is 0. The van der Waals surface area contributed by atoms with Gasteiger partial charge in [0.1, 0.15) is 0 Å². The number of benzene rings is 1. The van der Waals surface area contributed by atoms with Crippen LogP contribution in [0.3, 0.4) is 0 Å². The molecule has 0 atom stereocenters. The van der Waals surface area contributed by atoms with E-state index in [1.807, 2.05) is 0 Å². The summed E-state index contributed by atoms with van der Waals surface area (Å²) in [6.45, 7) is 1.99. The van der Waals surface area contributed by atoms with Crippen LogP contribution in [-0.2, 0) is 0 Å². The molecule has 1 aromatic rings. The minimum Gasteiger partial charge on any atom is -0.478 e. The van der Waals surface area contributed by atoms with Crippen LogP contribution in [0.25, 0.3) is 0 Å². The molecule has 1 rings (SSSR count). The van der Waals surface area contributed by atoms with E-state index in [-0.39, 0.29) is 24.3 Å². The Morgan fingerprint density at radius 1 is 0.700 bits per heavy atom. The largest absolute Gasteiger partial charge is 0.478 e. The van der Waals surface area contributed by atoms with Gasteiger partial charge in [-0.2, -0.15) is 0 Å². The number of rotatable bonds is 13. The number of hydrogen-bond acceptors (Lipinski definition) is 6. The summed E-state index contributed by atoms with van der Waals surface area (Å²) in [4.78, 5) is 20.7. The van der Waals surface area contributed by atoms with Crippen LogP contribution in [0.15, 0.2) is 24.3 Å². The second-order valence-corrected chi connectivity index (χ2v) is 6.73. The van der Waals surface area contributed by atoms with E-state index in [2.05, 4.69) is 6.92 Å². The Labute approximate surface area is 178 Å². The molecule has 0 saturated carbocycles. The van der Waals surface area contributed by atoms with Gasteiger partial charge in [0.05, 0.1) is 24.3 Å². The lowest BCUT2D eigenvalue weighted by Crippen LogP contribution is -2.02. The first-order valence-electron chi connectivity index (χ1n) is 10.4. The standard InChI is InChI=1S/C12H26O2.C8H6O4.C2H6O2/c1-2-3-4-5-6-7-8-9-10-11-12(13)14;9-7(10)5-1-2-6(4-3-5)8(11)12;3-1-2-4/h12-14H,2-11H2,1H3;1-4H,(H,9,10)(H,11,12);3-4H,1-2H2. The number of hydrogen-bond donors (Lipinski definition) is 6. The van der Waals surface area contributed by atoms with E-state index in [1.165, 1.54) is 69.2 Å². The fourth-order valence-electron chi connectivity index (χ4n) is 2.39. The van der Waals surface area contributed by atoms with Crippen LogP contribution in [0.5, 0.6) is 0 Å². The Bertz CT molecular complexity index is 493. The van der Waals surface area contributed by atoms with Crippen LogP contribution in [0.4, 0.5) is 0 Å². The highest BCUT2D eigenvalue weighted by Gasteiger charge is 2.04. The molecule has 174 valence electrons. The van der Waals surface area contributed by atoms with Gasteiger partial charge in [0, 0.05) is 0 Å². The number of aliphatic hydroxyl groups is 4. The summed E-state index contributed by atoms with van der Waals surface area (Å²) in [5.74, 6) is -2.13. The molecule has 0 fully saturated rings. The van der Waals surface area contributed by atoms with Crippen LogP contribution >= 0.6 is 0 Å². The molecule has 0 aliphatic heterocycles. The average Bonchev–Trinajstić information content (AvgIpc) is 2.73. The number of carboxylic acids is 2. The van der Waals surface area contributed by atoms with Gasteiger partial charge in [-0.3, -0.25) is 0 Å². The molecular weight excluding hydrogens is 392 g/mol. The van der Waals surface area contributed by atoms with Gasteiger partial charge in [-0.05, 0) is 37.1 Å². The molecule has 0 bridgehead atoms. The lowest BCUT2D eigenvalue weighted by atomic mass is 10.1. The van der Waals surface area contributed by atoms with Crippen LogP contribution in [0, 0.1) is 0 Å². The fourth-order valence-corrected chi connectivity index (χ4v) is 2.39. The van der Waals surface area contributed by atoms with E-state index in [9.17, 15) is 9.59 Å². The van der Waals surface area contributed by atoms with Crippen molar-refractivity contribution in [2.24, 2.45) is 0 Å². The highest BCUT2D eigenvalue weighted by Crippen LogP contribution is 2.10. The third kappa shape index (κ3) is 20.7. The van der Waals surface area contributed by atoms with Crippen molar-refractivity contribution in [3.63, 3.8) is 0 Å². The molecule has 30 heavy (non-hydrogen) atoms. The fraction of sp³-hybridized carbons (Fsp3) is 0.636. The molecule has 6 N–H and O–H groups in total. The lowest BCUT2D eigenvalue weighted by molar-refractivity contribution is -0.0466. The Morgan fingerprint density at radius 3 is 1.30 bits per heavy atom. The number of carboxylic acid groups (broad SMARTS) is 2. The summed E-state index contributed by atoms with van der Waals surface area (Å²) in [6, 6.07) is 5.02. The summed E-state index contributed by atoms with van der Waals surface area (Å²) >= 11 is 0. The van der Waals surface area contributed by atoms with E-state index >= 15 is 0 Å². The van der Waals surface area contributed by atoms with Crippen molar-refractivity contribution >= 4 is 11.9 Å². The van der Waals surface area contributed by atoms with E-state index < -0.39 is 18.2 Å². The molecule has 8 heteroatoms. The molecule has 0 aliphatic rings. The Morgan fingerprint density at radius 2 is 1.03 bits per heavy atom. The zero-order valence-electron chi connectivity index (χ0n) is 17.9. The van der Waals surface area contributed by atoms with E-state index in [1.54, 1.807) is 0 Å². The van der Waals surface area contributed by atoms with Crippen LogP contribution in [0.1, 0.15) is 91.8 Å². The van der Waals surface area contributed by atoms with Crippen molar-refractivity contribution in [2.75, 3.05) is 13.2 Å². The maximum Gasteiger partial charge on any atom is 0.335 e. The van der Waals surface area contributed by atoms with Gasteiger partial charge in [-0.1, -0.05) is 58.3 Å². The van der Waals surface area contributed by atoms with Crippen molar-refractivity contribution in [1.29, 1.82) is 0 Å². The zero-order chi connectivity index (χ0) is 23.2. The molecule has 0 aliphatic carbocycles. The van der Waals surface area contributed by atoms with Crippen LogP contribution in [-0.4, -0.2) is 62.1 Å². The molecule has 0 radical (unpaired) electrons. The molecule has 0 aromatic heterocycles. The normalized spacial score (nSPS) is 9.93. The minimum atomic E-state index is -1.10. The van der Waals surface area contributed by atoms with Gasteiger partial charge in [0.15, 0.2) is 6.29 Å². The van der Waals surface area contributed by atoms with Gasteiger partial charge >= 0.3 is 11.9 Å². The smallest absolute Gasteiger partial charge is 0.335 e. The molecule has 0 unspecified atom stereocenters. The maximum absolute atomic E-state index is 10.3. The molecule has 0 saturated heterocycles. The van der Waals surface area contributed by atoms with E-state index in [0.717, 1.165) is 12.8 Å². The van der Waals surface area contributed by atoms with E-state index in [0.29, 0.717) is 6.42 Å². The van der Waals surface area contributed by atoms with Crippen molar-refractivity contribution in [3.05, 3.63) is 35.4 Å². The minimum absolute atomic E-state index is 0.0833. The van der Waals surface area contributed by atoms with Crippen molar-refractivity contribution in [2.45, 2.75) is 77.4 Å². The summed E-state index contributed by atoms with van der Waals surface area (Å²) in [5.41, 5.74) is 0.167. The van der Waals surface area contributed by atoms with Crippen LogP contribution < -0.4 is 0 Å². The third-order valence-corrected chi connectivity index (χ3v) is 4.04. The SMILES string of the molecule is CCCCCCCCCCCC(O)O.O=C(O)c1ccc(C(=O)O)cc1.OCCO. The highest BCUT2D eigenvalue weighted by molar-refractivity contribution is 5.91. The first-order chi connectivity index (χ1) is 14.3. The van der Waals surface area contributed by atoms with Gasteiger partial charge in [0.25, 0.3) is 0 Å². The second-order valence-electron chi connectivity index (χ2n) is 6.73. The molecule has 0 amide bonds. The van der Waals surface area contributed by atoms with Gasteiger partial charge < -0.3 is 30.6 Å². The quantitative estimate of drug-likeness (QED) is 0.206. The first kappa shape index (κ1) is 30.2. The second kappa shape index (κ2) is 21.7. The van der Waals surface area contributed by atoms with Gasteiger partial charge in [-0.25, -0.2) is 9.59 Å². The van der Waals surface area contributed by atoms with Gasteiger partial charge in [-0.15, -0.1) is 0 Å². The molecule has 0 heterocycles. The monoisotopic (exact) mass is 430 g/mol. The van der Waals surface area contributed by atoms with E-state index in [4.69, 9.17) is 30.6 Å². The number of aromatic carboxylic acids is 2. The van der Waals surface area contributed by atoms with Crippen molar-refractivity contribution in [1.82, 2.24) is 0 Å². The summed E-state index contributed by atoms with van der Waals surface area (Å²) < 4.78 is 0. The molecule has 8 nitrogen and oxygen atoms in total. The van der Waals surface area contributed by atoms with Crippen molar-refractivity contribution in [3.8, 4) is 0 Å². The summed E-state index contributed by atoms with van der Waals surface area (Å²) in [7, 11) is 0. The topological polar surface area (TPSA) is 156 Å². The summed E-state index contributed by atoms with van der Waals surface area (Å²) in [5, 5.41) is 49.4. The third-order valence-electron chi connectivity index (χ3n) is 4.04. The average molecular weight is 431 g/mol. The Kier molecular flexibility index (Phi) is 21.8. The molecule has 1 aromatic carbocycles. The van der Waals surface area contributed by atoms with Crippen molar-refractivity contribution < 1.29 is 40.2 Å². The predicted molar refractivity (Wildman–Crippen MR) is 115 cm³/mol. The lowest BCUT2D eigenvalue weighted by Gasteiger charge is -2.03.